The van der Waals surface area contributed by atoms with E-state index in [2.05, 4.69) is 35.5 Å². The van der Waals surface area contributed by atoms with Crippen LogP contribution in [0.25, 0.3) is 0 Å². The van der Waals surface area contributed by atoms with Crippen molar-refractivity contribution in [2.45, 2.75) is 26.8 Å². The molecule has 0 bridgehead atoms. The van der Waals surface area contributed by atoms with E-state index in [9.17, 15) is 4.79 Å². The van der Waals surface area contributed by atoms with Gasteiger partial charge in [-0.25, -0.2) is 4.98 Å². The van der Waals surface area contributed by atoms with Gasteiger partial charge >= 0.3 is 0 Å². The average Bonchev–Trinajstić information content (AvgIpc) is 2.88. The summed E-state index contributed by atoms with van der Waals surface area (Å²) in [4.78, 5) is 18.9. The summed E-state index contributed by atoms with van der Waals surface area (Å²) in [5.74, 6) is 0.553. The van der Waals surface area contributed by atoms with Crippen LogP contribution in [0.1, 0.15) is 33.5 Å². The minimum absolute atomic E-state index is 0.0947. The van der Waals surface area contributed by atoms with Gasteiger partial charge in [0.25, 0.3) is 5.91 Å². The number of nitrogens with one attached hydrogen (secondary N) is 2. The zero-order valence-corrected chi connectivity index (χ0v) is 12.6. The predicted molar refractivity (Wildman–Crippen MR) is 83.2 cm³/mol. The molecule has 0 unspecified atom stereocenters. The Morgan fingerprint density at radius 2 is 2.20 bits per heavy atom. The summed E-state index contributed by atoms with van der Waals surface area (Å²) >= 11 is 1.70. The lowest BCUT2D eigenvalue weighted by atomic mass is 10.2. The van der Waals surface area contributed by atoms with Crippen molar-refractivity contribution in [2.24, 2.45) is 0 Å². The number of hydrogen-bond donors (Lipinski definition) is 2. The highest BCUT2D eigenvalue weighted by molar-refractivity contribution is 7.11. The van der Waals surface area contributed by atoms with Crippen LogP contribution < -0.4 is 10.6 Å². The summed E-state index contributed by atoms with van der Waals surface area (Å²) in [5, 5.41) is 6.11. The van der Waals surface area contributed by atoms with Gasteiger partial charge in [0.15, 0.2) is 0 Å². The van der Waals surface area contributed by atoms with Crippen LogP contribution in [0.4, 0.5) is 5.82 Å². The van der Waals surface area contributed by atoms with Crippen molar-refractivity contribution in [2.75, 3.05) is 11.9 Å². The minimum atomic E-state index is -0.0947. The minimum Gasteiger partial charge on any atom is -0.369 e. The van der Waals surface area contributed by atoms with E-state index in [1.807, 2.05) is 6.07 Å². The SMILES string of the molecule is CCCNc1ncccc1C(=O)NCc1ccc(C)s1. The third-order valence-electron chi connectivity index (χ3n) is 2.81. The molecule has 2 heterocycles. The van der Waals surface area contributed by atoms with Crippen molar-refractivity contribution in [1.29, 1.82) is 0 Å². The number of carbonyl (C=O) groups excluding carboxylic acids is 1. The van der Waals surface area contributed by atoms with Gasteiger partial charge in [0.1, 0.15) is 5.82 Å². The molecule has 20 heavy (non-hydrogen) atoms. The number of amides is 1. The van der Waals surface area contributed by atoms with E-state index in [0.29, 0.717) is 17.9 Å². The van der Waals surface area contributed by atoms with E-state index < -0.39 is 0 Å². The first-order valence-corrected chi connectivity index (χ1v) is 7.54. The molecule has 5 heteroatoms. The molecule has 0 radical (unpaired) electrons. The van der Waals surface area contributed by atoms with Crippen molar-refractivity contribution in [3.05, 3.63) is 45.8 Å². The quantitative estimate of drug-likeness (QED) is 0.858. The lowest BCUT2D eigenvalue weighted by molar-refractivity contribution is 0.0952. The maximum absolute atomic E-state index is 12.2. The number of carbonyl (C=O) groups is 1. The largest absolute Gasteiger partial charge is 0.369 e. The van der Waals surface area contributed by atoms with Crippen molar-refractivity contribution in [1.82, 2.24) is 10.3 Å². The summed E-state index contributed by atoms with van der Waals surface area (Å²) in [7, 11) is 0. The molecular formula is C15H19N3OS. The van der Waals surface area contributed by atoms with E-state index in [1.165, 1.54) is 4.88 Å². The van der Waals surface area contributed by atoms with E-state index in [-0.39, 0.29) is 5.91 Å². The Morgan fingerprint density at radius 1 is 1.35 bits per heavy atom. The molecule has 2 aromatic rings. The molecule has 0 saturated carbocycles. The Bertz CT molecular complexity index is 580. The number of anilines is 1. The normalized spacial score (nSPS) is 10.3. The van der Waals surface area contributed by atoms with Gasteiger partial charge in [-0.3, -0.25) is 4.79 Å². The van der Waals surface area contributed by atoms with Gasteiger partial charge < -0.3 is 10.6 Å². The first-order valence-electron chi connectivity index (χ1n) is 6.73. The van der Waals surface area contributed by atoms with Crippen LogP contribution in [0.5, 0.6) is 0 Å². The second-order valence-electron chi connectivity index (χ2n) is 4.52. The van der Waals surface area contributed by atoms with Crippen molar-refractivity contribution < 1.29 is 4.79 Å². The fourth-order valence-electron chi connectivity index (χ4n) is 1.82. The molecule has 0 atom stereocenters. The molecule has 2 aromatic heterocycles. The monoisotopic (exact) mass is 289 g/mol. The third kappa shape index (κ3) is 3.81. The molecule has 0 aromatic carbocycles. The fraction of sp³-hybridized carbons (Fsp3) is 0.333. The number of aromatic nitrogens is 1. The summed E-state index contributed by atoms with van der Waals surface area (Å²) in [6.45, 7) is 5.50. The van der Waals surface area contributed by atoms with Crippen LogP contribution in [0, 0.1) is 6.92 Å². The lowest BCUT2D eigenvalue weighted by Crippen LogP contribution is -2.24. The Kier molecular flexibility index (Phi) is 5.12. The maximum Gasteiger partial charge on any atom is 0.255 e. The second kappa shape index (κ2) is 7.05. The van der Waals surface area contributed by atoms with Crippen molar-refractivity contribution in [3.8, 4) is 0 Å². The molecule has 2 rings (SSSR count). The zero-order chi connectivity index (χ0) is 14.4. The van der Waals surface area contributed by atoms with Gasteiger partial charge in [-0.05, 0) is 37.6 Å². The second-order valence-corrected chi connectivity index (χ2v) is 5.89. The highest BCUT2D eigenvalue weighted by Gasteiger charge is 2.11. The van der Waals surface area contributed by atoms with E-state index in [0.717, 1.165) is 17.8 Å². The van der Waals surface area contributed by atoms with Crippen LogP contribution in [0.15, 0.2) is 30.5 Å². The number of thiophene rings is 1. The van der Waals surface area contributed by atoms with Crippen LogP contribution in [0.3, 0.4) is 0 Å². The molecule has 0 saturated heterocycles. The summed E-state index contributed by atoms with van der Waals surface area (Å²) in [6.07, 6.45) is 2.68. The van der Waals surface area contributed by atoms with E-state index in [4.69, 9.17) is 0 Å². The summed E-state index contributed by atoms with van der Waals surface area (Å²) in [6, 6.07) is 7.67. The smallest absolute Gasteiger partial charge is 0.255 e. The molecule has 0 aliphatic carbocycles. The Balaban J connectivity index is 2.01. The predicted octanol–water partition coefficient (Wildman–Crippen LogP) is 3.20. The highest BCUT2D eigenvalue weighted by Crippen LogP contribution is 2.16. The van der Waals surface area contributed by atoms with Gasteiger partial charge in [0.05, 0.1) is 12.1 Å². The molecule has 1 amide bonds. The van der Waals surface area contributed by atoms with Gasteiger partial charge in [-0.15, -0.1) is 11.3 Å². The number of rotatable bonds is 6. The number of hydrogen-bond acceptors (Lipinski definition) is 4. The van der Waals surface area contributed by atoms with Gasteiger partial charge in [0, 0.05) is 22.5 Å². The summed E-state index contributed by atoms with van der Waals surface area (Å²) < 4.78 is 0. The van der Waals surface area contributed by atoms with Gasteiger partial charge in [-0.1, -0.05) is 6.92 Å². The van der Waals surface area contributed by atoms with Crippen molar-refractivity contribution in [3.63, 3.8) is 0 Å². The Hall–Kier alpha value is -1.88. The molecular weight excluding hydrogens is 270 g/mol. The van der Waals surface area contributed by atoms with E-state index >= 15 is 0 Å². The van der Waals surface area contributed by atoms with E-state index in [1.54, 1.807) is 29.7 Å². The van der Waals surface area contributed by atoms with Crippen LogP contribution in [0.2, 0.25) is 0 Å². The Labute approximate surface area is 123 Å². The maximum atomic E-state index is 12.2. The number of aryl methyl sites for hydroxylation is 1. The average molecular weight is 289 g/mol. The van der Waals surface area contributed by atoms with Crippen LogP contribution >= 0.6 is 11.3 Å². The number of pyridine rings is 1. The molecule has 0 aliphatic heterocycles. The molecule has 2 N–H and O–H groups in total. The standard InChI is InChI=1S/C15H19N3OS/c1-3-8-16-14-13(5-4-9-17-14)15(19)18-10-12-7-6-11(2)20-12/h4-7,9H,3,8,10H2,1-2H3,(H,16,17)(H,18,19). The van der Waals surface area contributed by atoms with Gasteiger partial charge in [0.2, 0.25) is 0 Å². The lowest BCUT2D eigenvalue weighted by Gasteiger charge is -2.10. The topological polar surface area (TPSA) is 54.0 Å². The van der Waals surface area contributed by atoms with Crippen LogP contribution in [-0.2, 0) is 6.54 Å². The molecule has 106 valence electrons. The molecule has 0 fully saturated rings. The first kappa shape index (κ1) is 14.5. The molecule has 0 aliphatic rings. The third-order valence-corrected chi connectivity index (χ3v) is 3.81. The highest BCUT2D eigenvalue weighted by atomic mass is 32.1. The molecule has 0 spiro atoms. The Morgan fingerprint density at radius 3 is 2.90 bits per heavy atom. The zero-order valence-electron chi connectivity index (χ0n) is 11.8. The fourth-order valence-corrected chi connectivity index (χ4v) is 2.65. The first-order chi connectivity index (χ1) is 9.70. The van der Waals surface area contributed by atoms with Crippen LogP contribution in [-0.4, -0.2) is 17.4 Å². The van der Waals surface area contributed by atoms with Gasteiger partial charge in [-0.2, -0.15) is 0 Å². The summed E-state index contributed by atoms with van der Waals surface area (Å²) in [5.41, 5.74) is 0.592. The van der Waals surface area contributed by atoms with Crippen molar-refractivity contribution >= 4 is 23.1 Å². The molecule has 4 nitrogen and oxygen atoms in total. The number of nitrogens with zero attached hydrogens (tertiary/aromatic N) is 1.